The van der Waals surface area contributed by atoms with Gasteiger partial charge in [0, 0.05) is 21.1 Å². The normalized spacial score (nSPS) is 11.0. The lowest BCUT2D eigenvalue weighted by Gasteiger charge is -2.09. The second-order valence-electron chi connectivity index (χ2n) is 5.83. The number of hydrogen-bond donors (Lipinski definition) is 3. The molecule has 5 nitrogen and oxygen atoms in total. The molecule has 0 fully saturated rings. The number of amides is 1. The third kappa shape index (κ3) is 4.21. The number of rotatable bonds is 5. The molecule has 0 saturated heterocycles. The van der Waals surface area contributed by atoms with E-state index in [1.807, 2.05) is 42.5 Å². The highest BCUT2D eigenvalue weighted by Crippen LogP contribution is 2.25. The minimum Gasteiger partial charge on any atom is -0.507 e. The maximum Gasteiger partial charge on any atom is 0.259 e. The van der Waals surface area contributed by atoms with Gasteiger partial charge in [-0.15, -0.1) is 0 Å². The van der Waals surface area contributed by atoms with E-state index in [-0.39, 0.29) is 18.2 Å². The number of carbonyl (C=O) groups is 1. The van der Waals surface area contributed by atoms with Crippen molar-refractivity contribution in [2.24, 2.45) is 5.10 Å². The number of aromatic hydroxyl groups is 1. The van der Waals surface area contributed by atoms with Crippen LogP contribution in [0.1, 0.15) is 11.1 Å². The van der Waals surface area contributed by atoms with E-state index < -0.39 is 0 Å². The zero-order valence-corrected chi connectivity index (χ0v) is 15.7. The molecule has 3 aromatic carbocycles. The van der Waals surface area contributed by atoms with Crippen molar-refractivity contribution in [3.63, 3.8) is 0 Å². The predicted octanol–water partition coefficient (Wildman–Crippen LogP) is 4.18. The Bertz CT molecular complexity index is 981. The third-order valence-electron chi connectivity index (χ3n) is 3.92. The van der Waals surface area contributed by atoms with E-state index in [1.165, 1.54) is 6.21 Å². The average Bonchev–Trinajstić information content (AvgIpc) is 2.63. The minimum absolute atomic E-state index is 0.0921. The number of carbonyl (C=O) groups excluding carboxylic acids is 1. The van der Waals surface area contributed by atoms with Crippen LogP contribution in [0.2, 0.25) is 0 Å². The second-order valence-corrected chi connectivity index (χ2v) is 6.75. The number of nitrogens with zero attached hydrogens (tertiary/aromatic N) is 1. The maximum absolute atomic E-state index is 12.0. The van der Waals surface area contributed by atoms with Crippen LogP contribution < -0.4 is 10.7 Å². The molecule has 6 heteroatoms. The zero-order valence-electron chi connectivity index (χ0n) is 14.2. The Balaban J connectivity index is 1.61. The Morgan fingerprint density at radius 2 is 1.96 bits per heavy atom. The maximum atomic E-state index is 12.0. The minimum atomic E-state index is -0.277. The molecular weight excluding hydrogens is 394 g/mol. The predicted molar refractivity (Wildman–Crippen MR) is 109 cm³/mol. The topological polar surface area (TPSA) is 73.7 Å². The molecule has 1 amide bonds. The van der Waals surface area contributed by atoms with Crippen molar-refractivity contribution in [1.29, 1.82) is 0 Å². The summed E-state index contributed by atoms with van der Waals surface area (Å²) in [6.45, 7) is 1.89. The van der Waals surface area contributed by atoms with Crippen LogP contribution in [-0.4, -0.2) is 23.8 Å². The molecule has 3 rings (SSSR count). The van der Waals surface area contributed by atoms with E-state index in [2.05, 4.69) is 31.8 Å². The molecule has 0 aliphatic heterocycles. The monoisotopic (exact) mass is 411 g/mol. The SMILES string of the molecule is Cc1cc(Br)cc(/C=N/NC(=O)CNc2cccc3ccccc23)c1O. The summed E-state index contributed by atoms with van der Waals surface area (Å²) >= 11 is 3.37. The zero-order chi connectivity index (χ0) is 18.5. The fourth-order valence-corrected chi connectivity index (χ4v) is 3.22. The van der Waals surface area contributed by atoms with E-state index in [0.29, 0.717) is 5.56 Å². The molecule has 0 unspecified atom stereocenters. The van der Waals surface area contributed by atoms with Gasteiger partial charge < -0.3 is 10.4 Å². The molecule has 0 aliphatic carbocycles. The van der Waals surface area contributed by atoms with Crippen LogP contribution >= 0.6 is 15.9 Å². The van der Waals surface area contributed by atoms with Crippen molar-refractivity contribution < 1.29 is 9.90 Å². The number of phenols is 1. The van der Waals surface area contributed by atoms with Gasteiger partial charge in [-0.2, -0.15) is 5.10 Å². The fraction of sp³-hybridized carbons (Fsp3) is 0.100. The summed E-state index contributed by atoms with van der Waals surface area (Å²) in [7, 11) is 0. The molecule has 0 bridgehead atoms. The lowest BCUT2D eigenvalue weighted by atomic mass is 10.1. The van der Waals surface area contributed by atoms with Crippen LogP contribution in [0.3, 0.4) is 0 Å². The van der Waals surface area contributed by atoms with Gasteiger partial charge in [0.25, 0.3) is 5.91 Å². The number of hydrogen-bond acceptors (Lipinski definition) is 4. The van der Waals surface area contributed by atoms with Crippen LogP contribution in [0, 0.1) is 6.92 Å². The molecule has 0 saturated carbocycles. The Morgan fingerprint density at radius 1 is 1.19 bits per heavy atom. The Kier molecular flexibility index (Phi) is 5.53. The Hall–Kier alpha value is -2.86. The highest BCUT2D eigenvalue weighted by Gasteiger charge is 2.05. The summed E-state index contributed by atoms with van der Waals surface area (Å²) in [5, 5.41) is 19.2. The number of fused-ring (bicyclic) bond motifs is 1. The molecule has 0 radical (unpaired) electrons. The Morgan fingerprint density at radius 3 is 2.81 bits per heavy atom. The van der Waals surface area contributed by atoms with Gasteiger partial charge in [0.2, 0.25) is 0 Å². The number of anilines is 1. The quantitative estimate of drug-likeness (QED) is 0.435. The number of nitrogens with one attached hydrogen (secondary N) is 2. The number of phenolic OH excluding ortho intramolecular Hbond substituents is 1. The van der Waals surface area contributed by atoms with E-state index >= 15 is 0 Å². The number of benzene rings is 3. The molecule has 0 aromatic heterocycles. The van der Waals surface area contributed by atoms with Crippen molar-refractivity contribution >= 4 is 44.5 Å². The van der Waals surface area contributed by atoms with Gasteiger partial charge in [-0.3, -0.25) is 4.79 Å². The smallest absolute Gasteiger partial charge is 0.259 e. The largest absolute Gasteiger partial charge is 0.507 e. The van der Waals surface area contributed by atoms with Gasteiger partial charge in [-0.05, 0) is 36.1 Å². The summed E-state index contributed by atoms with van der Waals surface area (Å²) in [6, 6.07) is 17.4. The van der Waals surface area contributed by atoms with Crippen LogP contribution in [0.15, 0.2) is 64.2 Å². The van der Waals surface area contributed by atoms with Crippen LogP contribution in [0.4, 0.5) is 5.69 Å². The molecule has 0 atom stereocenters. The van der Waals surface area contributed by atoms with Crippen LogP contribution in [-0.2, 0) is 4.79 Å². The molecule has 0 heterocycles. The summed E-state index contributed by atoms with van der Waals surface area (Å²) in [5.41, 5.74) is 4.60. The van der Waals surface area contributed by atoms with E-state index in [9.17, 15) is 9.90 Å². The number of halogens is 1. The van der Waals surface area contributed by atoms with E-state index in [0.717, 1.165) is 26.5 Å². The number of aryl methyl sites for hydroxylation is 1. The first-order valence-corrected chi connectivity index (χ1v) is 8.86. The van der Waals surface area contributed by atoms with E-state index in [1.54, 1.807) is 19.1 Å². The van der Waals surface area contributed by atoms with Crippen LogP contribution in [0.25, 0.3) is 10.8 Å². The highest BCUT2D eigenvalue weighted by atomic mass is 79.9. The van der Waals surface area contributed by atoms with Gasteiger partial charge in [0.05, 0.1) is 12.8 Å². The highest BCUT2D eigenvalue weighted by molar-refractivity contribution is 9.10. The van der Waals surface area contributed by atoms with Crippen molar-refractivity contribution in [2.45, 2.75) is 6.92 Å². The van der Waals surface area contributed by atoms with Gasteiger partial charge in [0.1, 0.15) is 5.75 Å². The van der Waals surface area contributed by atoms with Crippen LogP contribution in [0.5, 0.6) is 5.75 Å². The molecule has 3 aromatic rings. The second kappa shape index (κ2) is 8.01. The molecular formula is C20H18BrN3O2. The number of hydrazone groups is 1. The molecule has 0 spiro atoms. The average molecular weight is 412 g/mol. The molecule has 26 heavy (non-hydrogen) atoms. The lowest BCUT2D eigenvalue weighted by Crippen LogP contribution is -2.25. The lowest BCUT2D eigenvalue weighted by molar-refractivity contribution is -0.119. The van der Waals surface area contributed by atoms with Gasteiger partial charge in [-0.25, -0.2) is 5.43 Å². The molecule has 132 valence electrons. The summed E-state index contributed by atoms with van der Waals surface area (Å²) < 4.78 is 0.832. The van der Waals surface area contributed by atoms with Gasteiger partial charge in [0.15, 0.2) is 0 Å². The first-order chi connectivity index (χ1) is 12.5. The Labute approximate surface area is 159 Å². The van der Waals surface area contributed by atoms with Crippen molar-refractivity contribution in [1.82, 2.24) is 5.43 Å². The first kappa shape index (κ1) is 17.9. The standard InChI is InChI=1S/C20H18BrN3O2/c1-13-9-16(21)10-15(20(13)26)11-23-24-19(25)12-22-18-8-4-6-14-5-2-3-7-17(14)18/h2-11,22,26H,12H2,1H3,(H,24,25)/b23-11+. The molecule has 3 N–H and O–H groups in total. The fourth-order valence-electron chi connectivity index (χ4n) is 2.63. The van der Waals surface area contributed by atoms with Crippen molar-refractivity contribution in [3.05, 3.63) is 70.2 Å². The summed E-state index contributed by atoms with van der Waals surface area (Å²) in [5.74, 6) is -0.138. The molecule has 0 aliphatic rings. The van der Waals surface area contributed by atoms with E-state index in [4.69, 9.17) is 0 Å². The third-order valence-corrected chi connectivity index (χ3v) is 4.37. The van der Waals surface area contributed by atoms with Gasteiger partial charge in [-0.1, -0.05) is 52.3 Å². The van der Waals surface area contributed by atoms with Crippen molar-refractivity contribution in [3.8, 4) is 5.75 Å². The first-order valence-electron chi connectivity index (χ1n) is 8.07. The van der Waals surface area contributed by atoms with Gasteiger partial charge >= 0.3 is 0 Å². The summed E-state index contributed by atoms with van der Waals surface area (Å²) in [6.07, 6.45) is 1.42. The summed E-state index contributed by atoms with van der Waals surface area (Å²) in [4.78, 5) is 12.0. The van der Waals surface area contributed by atoms with Crippen molar-refractivity contribution in [2.75, 3.05) is 11.9 Å².